The van der Waals surface area contributed by atoms with Crippen LogP contribution >= 0.6 is 0 Å². The Kier molecular flexibility index (Phi) is 3.50. The molecule has 7 heteroatoms. The molecule has 0 spiro atoms. The van der Waals surface area contributed by atoms with Crippen LogP contribution in [0.1, 0.15) is 0 Å². The van der Waals surface area contributed by atoms with Crippen molar-refractivity contribution in [2.45, 2.75) is 6.54 Å². The van der Waals surface area contributed by atoms with E-state index in [1.165, 1.54) is 6.33 Å². The number of aliphatic hydroxyl groups is 2. The molecule has 0 aromatic carbocycles. The quantitative estimate of drug-likeness (QED) is 0.647. The highest BCUT2D eigenvalue weighted by molar-refractivity contribution is 5.82. The van der Waals surface area contributed by atoms with Gasteiger partial charge in [-0.15, -0.1) is 0 Å². The predicted molar refractivity (Wildman–Crippen MR) is 62.5 cm³/mol. The van der Waals surface area contributed by atoms with E-state index in [0.29, 0.717) is 23.5 Å². The summed E-state index contributed by atoms with van der Waals surface area (Å²) in [6, 6.07) is 0. The van der Waals surface area contributed by atoms with Crippen LogP contribution in [0.5, 0.6) is 0 Å². The number of hydrogen-bond acceptors (Lipinski definition) is 6. The van der Waals surface area contributed by atoms with Crippen LogP contribution in [-0.4, -0.2) is 50.0 Å². The zero-order valence-electron chi connectivity index (χ0n) is 9.54. The number of aliphatic hydroxyl groups excluding tert-OH is 2. The van der Waals surface area contributed by atoms with Gasteiger partial charge in [-0.1, -0.05) is 0 Å². The third-order valence-electron chi connectivity index (χ3n) is 2.61. The van der Waals surface area contributed by atoms with E-state index >= 15 is 0 Å². The van der Waals surface area contributed by atoms with Gasteiger partial charge in [0.25, 0.3) is 0 Å². The maximum Gasteiger partial charge on any atom is 0.165 e. The molecular weight excluding hydrogens is 222 g/mol. The van der Waals surface area contributed by atoms with Gasteiger partial charge in [0.2, 0.25) is 0 Å². The van der Waals surface area contributed by atoms with Gasteiger partial charge in [0.15, 0.2) is 11.5 Å². The maximum absolute atomic E-state index is 9.06. The molecule has 0 atom stereocenters. The van der Waals surface area contributed by atoms with E-state index < -0.39 is 0 Å². The normalized spacial score (nSPS) is 11.3. The molecule has 0 amide bonds. The Morgan fingerprint density at radius 3 is 2.71 bits per heavy atom. The van der Waals surface area contributed by atoms with Crippen molar-refractivity contribution in [1.82, 2.24) is 19.5 Å². The topological polar surface area (TPSA) is 96.1 Å². The molecule has 0 aliphatic heterocycles. The molecule has 0 aliphatic carbocycles. The SMILES string of the molecule is CNc1ncnc2c1ncn2CC(CO)CO. The van der Waals surface area contributed by atoms with E-state index in [1.807, 2.05) is 0 Å². The third-order valence-corrected chi connectivity index (χ3v) is 2.61. The molecule has 2 rings (SSSR count). The van der Waals surface area contributed by atoms with Gasteiger partial charge < -0.3 is 20.1 Å². The molecule has 2 heterocycles. The Bertz CT molecular complexity index is 494. The number of fused-ring (bicyclic) bond motifs is 1. The molecule has 3 N–H and O–H groups in total. The highest BCUT2D eigenvalue weighted by Gasteiger charge is 2.12. The van der Waals surface area contributed by atoms with Crippen molar-refractivity contribution in [3.8, 4) is 0 Å². The average molecular weight is 237 g/mol. The van der Waals surface area contributed by atoms with Crippen LogP contribution in [0.15, 0.2) is 12.7 Å². The standard InChI is InChI=1S/C10H15N5O2/c1-11-9-8-10(13-5-12-9)15(6-14-8)2-7(3-16)4-17/h5-7,16-17H,2-4H2,1H3,(H,11,12,13). The van der Waals surface area contributed by atoms with Gasteiger partial charge in [0.05, 0.1) is 6.33 Å². The van der Waals surface area contributed by atoms with Crippen molar-refractivity contribution in [1.29, 1.82) is 0 Å². The number of hydrogen-bond donors (Lipinski definition) is 3. The molecule has 0 saturated carbocycles. The largest absolute Gasteiger partial charge is 0.396 e. The minimum Gasteiger partial charge on any atom is -0.396 e. The Hall–Kier alpha value is -1.73. The second kappa shape index (κ2) is 5.07. The zero-order chi connectivity index (χ0) is 12.3. The number of anilines is 1. The summed E-state index contributed by atoms with van der Waals surface area (Å²) < 4.78 is 1.80. The van der Waals surface area contributed by atoms with Crippen LogP contribution in [0, 0.1) is 5.92 Å². The summed E-state index contributed by atoms with van der Waals surface area (Å²) in [5.41, 5.74) is 1.38. The summed E-state index contributed by atoms with van der Waals surface area (Å²) >= 11 is 0. The van der Waals surface area contributed by atoms with Gasteiger partial charge >= 0.3 is 0 Å². The van der Waals surface area contributed by atoms with Crippen molar-refractivity contribution < 1.29 is 10.2 Å². The van der Waals surface area contributed by atoms with Crippen molar-refractivity contribution in [2.75, 3.05) is 25.6 Å². The van der Waals surface area contributed by atoms with Crippen LogP contribution in [-0.2, 0) is 6.54 Å². The first-order chi connectivity index (χ1) is 8.30. The fourth-order valence-electron chi connectivity index (χ4n) is 1.65. The smallest absolute Gasteiger partial charge is 0.165 e. The minimum atomic E-state index is -0.208. The molecule has 2 aromatic rings. The highest BCUT2D eigenvalue weighted by atomic mass is 16.3. The Labute approximate surface area is 98.2 Å². The average Bonchev–Trinajstić information content (AvgIpc) is 2.79. The predicted octanol–water partition coefficient (Wildman–Crippen LogP) is -0.531. The summed E-state index contributed by atoms with van der Waals surface area (Å²) in [6.07, 6.45) is 3.09. The van der Waals surface area contributed by atoms with E-state index in [9.17, 15) is 0 Å². The second-order valence-electron chi connectivity index (χ2n) is 3.77. The number of imidazole rings is 1. The van der Waals surface area contributed by atoms with Gasteiger partial charge in [-0.25, -0.2) is 15.0 Å². The Morgan fingerprint density at radius 1 is 1.29 bits per heavy atom. The molecule has 0 bridgehead atoms. The number of nitrogens with one attached hydrogen (secondary N) is 1. The second-order valence-corrected chi connectivity index (χ2v) is 3.77. The van der Waals surface area contributed by atoms with Crippen molar-refractivity contribution in [2.24, 2.45) is 5.92 Å². The van der Waals surface area contributed by atoms with Crippen LogP contribution in [0.2, 0.25) is 0 Å². The number of rotatable bonds is 5. The van der Waals surface area contributed by atoms with Gasteiger partial charge in [-0.2, -0.15) is 0 Å². The fourth-order valence-corrected chi connectivity index (χ4v) is 1.65. The van der Waals surface area contributed by atoms with Crippen molar-refractivity contribution in [3.05, 3.63) is 12.7 Å². The van der Waals surface area contributed by atoms with Crippen LogP contribution in [0.25, 0.3) is 11.2 Å². The molecule has 0 fully saturated rings. The summed E-state index contributed by atoms with van der Waals surface area (Å²) in [6.45, 7) is 0.337. The molecule has 92 valence electrons. The molecule has 0 saturated heterocycles. The monoisotopic (exact) mass is 237 g/mol. The van der Waals surface area contributed by atoms with Crippen LogP contribution in [0.4, 0.5) is 5.82 Å². The number of nitrogens with zero attached hydrogens (tertiary/aromatic N) is 4. The molecule has 7 nitrogen and oxygen atoms in total. The van der Waals surface area contributed by atoms with E-state index in [-0.39, 0.29) is 19.1 Å². The fraction of sp³-hybridized carbons (Fsp3) is 0.500. The summed E-state index contributed by atoms with van der Waals surface area (Å²) in [5.74, 6) is 0.457. The minimum absolute atomic E-state index is 0.0693. The lowest BCUT2D eigenvalue weighted by Gasteiger charge is -2.11. The molecule has 2 aromatic heterocycles. The first kappa shape index (κ1) is 11.7. The first-order valence-electron chi connectivity index (χ1n) is 5.35. The van der Waals surface area contributed by atoms with Crippen LogP contribution < -0.4 is 5.32 Å². The van der Waals surface area contributed by atoms with E-state index in [4.69, 9.17) is 10.2 Å². The van der Waals surface area contributed by atoms with Crippen molar-refractivity contribution in [3.63, 3.8) is 0 Å². The Balaban J connectivity index is 2.36. The van der Waals surface area contributed by atoms with Gasteiger partial charge in [-0.05, 0) is 0 Å². The van der Waals surface area contributed by atoms with Crippen LogP contribution in [0.3, 0.4) is 0 Å². The molecular formula is C10H15N5O2. The lowest BCUT2D eigenvalue weighted by atomic mass is 10.2. The summed E-state index contributed by atoms with van der Waals surface area (Å²) in [4.78, 5) is 12.4. The van der Waals surface area contributed by atoms with E-state index in [0.717, 1.165) is 0 Å². The van der Waals surface area contributed by atoms with E-state index in [2.05, 4.69) is 20.3 Å². The lowest BCUT2D eigenvalue weighted by Crippen LogP contribution is -2.18. The van der Waals surface area contributed by atoms with Gasteiger partial charge in [0, 0.05) is 32.7 Å². The van der Waals surface area contributed by atoms with Crippen molar-refractivity contribution >= 4 is 17.0 Å². The Morgan fingerprint density at radius 2 is 2.06 bits per heavy atom. The third kappa shape index (κ3) is 2.20. The summed E-state index contributed by atoms with van der Waals surface area (Å²) in [5, 5.41) is 21.1. The molecule has 17 heavy (non-hydrogen) atoms. The van der Waals surface area contributed by atoms with Gasteiger partial charge in [-0.3, -0.25) is 0 Å². The zero-order valence-corrected chi connectivity index (χ0v) is 9.54. The molecule has 0 unspecified atom stereocenters. The highest BCUT2D eigenvalue weighted by Crippen LogP contribution is 2.17. The maximum atomic E-state index is 9.06. The van der Waals surface area contributed by atoms with E-state index in [1.54, 1.807) is 17.9 Å². The number of aromatic nitrogens is 4. The van der Waals surface area contributed by atoms with Gasteiger partial charge in [0.1, 0.15) is 11.8 Å². The first-order valence-corrected chi connectivity index (χ1v) is 5.35. The molecule has 0 aliphatic rings. The summed E-state index contributed by atoms with van der Waals surface area (Å²) in [7, 11) is 1.77. The molecule has 0 radical (unpaired) electrons. The lowest BCUT2D eigenvalue weighted by molar-refractivity contribution is 0.138.